The van der Waals surface area contributed by atoms with E-state index < -0.39 is 33.2 Å². The molecule has 0 aliphatic carbocycles. The number of amides is 1. The number of hydrogen-bond donors (Lipinski definition) is 2. The van der Waals surface area contributed by atoms with Crippen molar-refractivity contribution in [2.45, 2.75) is 19.9 Å². The van der Waals surface area contributed by atoms with Crippen LogP contribution in [-0.2, 0) is 4.79 Å². The number of rotatable bonds is 6. The molecule has 0 bridgehead atoms. The quantitative estimate of drug-likeness (QED) is 0.600. The molecule has 1 atom stereocenters. The van der Waals surface area contributed by atoms with Gasteiger partial charge in [0, 0.05) is 18.7 Å². The van der Waals surface area contributed by atoms with Crippen LogP contribution in [0.4, 0.5) is 17.1 Å². The lowest BCUT2D eigenvalue weighted by molar-refractivity contribution is -0.392. The smallest absolute Gasteiger partial charge is 0.299 e. The number of nitrogens with one attached hydrogen (secondary N) is 2. The first-order chi connectivity index (χ1) is 9.38. The Bertz CT molecular complexity index is 513. The number of nitrogens with zero attached hydrogens (tertiary/aromatic N) is 2. The van der Waals surface area contributed by atoms with Crippen LogP contribution in [0.25, 0.3) is 0 Å². The second-order valence-corrected chi connectivity index (χ2v) is 3.95. The van der Waals surface area contributed by atoms with Gasteiger partial charge >= 0.3 is 0 Å². The Morgan fingerprint density at radius 2 is 1.75 bits per heavy atom. The van der Waals surface area contributed by atoms with Gasteiger partial charge in [-0.1, -0.05) is 0 Å². The van der Waals surface area contributed by atoms with Gasteiger partial charge in [0.25, 0.3) is 11.4 Å². The van der Waals surface area contributed by atoms with Crippen LogP contribution in [0.15, 0.2) is 18.2 Å². The molecule has 0 aromatic heterocycles. The summed E-state index contributed by atoms with van der Waals surface area (Å²) in [6.07, 6.45) is 0. The molecule has 1 amide bonds. The molecule has 20 heavy (non-hydrogen) atoms. The standard InChI is InChI=1S/C11H14N4O5/c1-3-12-11(16)7(2)13-10-8(14(17)18)5-4-6-9(10)15(19)20/h4-7,13H,3H2,1-2H3,(H,12,16). The first-order valence-electron chi connectivity index (χ1n) is 5.84. The average Bonchev–Trinajstić information content (AvgIpc) is 2.38. The molecule has 0 radical (unpaired) electrons. The maximum absolute atomic E-state index is 11.6. The zero-order chi connectivity index (χ0) is 15.3. The maximum atomic E-state index is 11.6. The molecule has 108 valence electrons. The van der Waals surface area contributed by atoms with E-state index in [-0.39, 0.29) is 5.69 Å². The minimum Gasteiger partial charge on any atom is -0.363 e. The largest absolute Gasteiger partial charge is 0.363 e. The third-order valence-corrected chi connectivity index (χ3v) is 2.52. The molecule has 9 heteroatoms. The van der Waals surface area contributed by atoms with Crippen LogP contribution in [0.2, 0.25) is 0 Å². The second-order valence-electron chi connectivity index (χ2n) is 3.95. The maximum Gasteiger partial charge on any atom is 0.299 e. The second kappa shape index (κ2) is 6.45. The summed E-state index contributed by atoms with van der Waals surface area (Å²) < 4.78 is 0. The topological polar surface area (TPSA) is 127 Å². The Kier molecular flexibility index (Phi) is 4.95. The third-order valence-electron chi connectivity index (χ3n) is 2.52. The van der Waals surface area contributed by atoms with Crippen molar-refractivity contribution in [1.82, 2.24) is 5.32 Å². The van der Waals surface area contributed by atoms with Crippen molar-refractivity contribution in [3.8, 4) is 0 Å². The van der Waals surface area contributed by atoms with Crippen LogP contribution < -0.4 is 10.6 Å². The number of nitro benzene ring substituents is 2. The molecule has 1 unspecified atom stereocenters. The normalized spacial score (nSPS) is 11.5. The van der Waals surface area contributed by atoms with E-state index in [4.69, 9.17) is 0 Å². The van der Waals surface area contributed by atoms with Crippen molar-refractivity contribution in [2.24, 2.45) is 0 Å². The predicted molar refractivity (Wildman–Crippen MR) is 71.5 cm³/mol. The molecule has 0 heterocycles. The van der Waals surface area contributed by atoms with Gasteiger partial charge in [0.2, 0.25) is 5.91 Å². The van der Waals surface area contributed by atoms with Crippen LogP contribution >= 0.6 is 0 Å². The summed E-state index contributed by atoms with van der Waals surface area (Å²) in [5.74, 6) is -0.403. The number of benzene rings is 1. The molecular weight excluding hydrogens is 268 g/mol. The Balaban J connectivity index is 3.17. The molecule has 1 aromatic carbocycles. The highest BCUT2D eigenvalue weighted by atomic mass is 16.6. The molecule has 0 saturated heterocycles. The highest BCUT2D eigenvalue weighted by Crippen LogP contribution is 2.34. The SMILES string of the molecule is CCNC(=O)C(C)Nc1c([N+](=O)[O-])cccc1[N+](=O)[O-]. The summed E-state index contributed by atoms with van der Waals surface area (Å²) in [6, 6.07) is 2.66. The van der Waals surface area contributed by atoms with E-state index >= 15 is 0 Å². The van der Waals surface area contributed by atoms with Gasteiger partial charge in [0.1, 0.15) is 6.04 Å². The van der Waals surface area contributed by atoms with Crippen LogP contribution in [0.3, 0.4) is 0 Å². The van der Waals surface area contributed by atoms with E-state index in [1.807, 2.05) is 0 Å². The zero-order valence-corrected chi connectivity index (χ0v) is 11.0. The highest BCUT2D eigenvalue weighted by molar-refractivity contribution is 5.86. The molecule has 0 spiro atoms. The number of anilines is 1. The summed E-state index contributed by atoms with van der Waals surface area (Å²) in [7, 11) is 0. The van der Waals surface area contributed by atoms with E-state index in [2.05, 4.69) is 10.6 Å². The van der Waals surface area contributed by atoms with Crippen molar-refractivity contribution in [2.75, 3.05) is 11.9 Å². The highest BCUT2D eigenvalue weighted by Gasteiger charge is 2.27. The van der Waals surface area contributed by atoms with E-state index in [1.165, 1.54) is 13.0 Å². The van der Waals surface area contributed by atoms with Gasteiger partial charge in [-0.2, -0.15) is 0 Å². The van der Waals surface area contributed by atoms with Crippen LogP contribution in [0, 0.1) is 20.2 Å². The molecule has 0 fully saturated rings. The van der Waals surface area contributed by atoms with Gasteiger partial charge < -0.3 is 10.6 Å². The molecule has 1 rings (SSSR count). The fourth-order valence-corrected chi connectivity index (χ4v) is 1.59. The number of nitro groups is 2. The monoisotopic (exact) mass is 282 g/mol. The zero-order valence-electron chi connectivity index (χ0n) is 11.0. The lowest BCUT2D eigenvalue weighted by Crippen LogP contribution is -2.37. The molecule has 0 aliphatic rings. The van der Waals surface area contributed by atoms with Crippen LogP contribution in [0.1, 0.15) is 13.8 Å². The van der Waals surface area contributed by atoms with Crippen molar-refractivity contribution in [3.63, 3.8) is 0 Å². The first kappa shape index (κ1) is 15.3. The van der Waals surface area contributed by atoms with Gasteiger partial charge in [0.05, 0.1) is 9.85 Å². The van der Waals surface area contributed by atoms with Gasteiger partial charge in [0.15, 0.2) is 5.69 Å². The summed E-state index contributed by atoms with van der Waals surface area (Å²) >= 11 is 0. The minimum atomic E-state index is -0.838. The minimum absolute atomic E-state index is 0.277. The van der Waals surface area contributed by atoms with E-state index in [1.54, 1.807) is 6.92 Å². The van der Waals surface area contributed by atoms with Crippen molar-refractivity contribution < 1.29 is 14.6 Å². The van der Waals surface area contributed by atoms with Crippen molar-refractivity contribution in [1.29, 1.82) is 0 Å². The number of likely N-dealkylation sites (N-methyl/N-ethyl adjacent to an activating group) is 1. The van der Waals surface area contributed by atoms with Crippen molar-refractivity contribution in [3.05, 3.63) is 38.4 Å². The lowest BCUT2D eigenvalue weighted by atomic mass is 10.2. The summed E-state index contributed by atoms with van der Waals surface area (Å²) in [5.41, 5.74) is -1.17. The lowest BCUT2D eigenvalue weighted by Gasteiger charge is -2.14. The number of carbonyl (C=O) groups is 1. The van der Waals surface area contributed by atoms with Gasteiger partial charge in [-0.25, -0.2) is 0 Å². The predicted octanol–water partition coefficient (Wildman–Crippen LogP) is 1.44. The van der Waals surface area contributed by atoms with Crippen LogP contribution in [0.5, 0.6) is 0 Å². The van der Waals surface area contributed by atoms with Crippen molar-refractivity contribution >= 4 is 23.0 Å². The molecule has 9 nitrogen and oxygen atoms in total. The number of hydrogen-bond acceptors (Lipinski definition) is 6. The fourth-order valence-electron chi connectivity index (χ4n) is 1.59. The fraction of sp³-hybridized carbons (Fsp3) is 0.364. The van der Waals surface area contributed by atoms with Gasteiger partial charge in [-0.15, -0.1) is 0 Å². The first-order valence-corrected chi connectivity index (χ1v) is 5.84. The Hall–Kier alpha value is -2.71. The summed E-state index contributed by atoms with van der Waals surface area (Å²) in [6.45, 7) is 3.58. The molecule has 0 saturated carbocycles. The Morgan fingerprint density at radius 3 is 2.15 bits per heavy atom. The average molecular weight is 282 g/mol. The Morgan fingerprint density at radius 1 is 1.25 bits per heavy atom. The van der Waals surface area contributed by atoms with Crippen LogP contribution in [-0.4, -0.2) is 28.3 Å². The third kappa shape index (κ3) is 3.40. The van der Waals surface area contributed by atoms with Gasteiger partial charge in [-0.05, 0) is 19.9 Å². The Labute approximate surface area is 114 Å². The molecule has 2 N–H and O–H groups in total. The van der Waals surface area contributed by atoms with E-state index in [0.717, 1.165) is 12.1 Å². The number of carbonyl (C=O) groups excluding carboxylic acids is 1. The summed E-state index contributed by atoms with van der Waals surface area (Å²) in [4.78, 5) is 32.0. The van der Waals surface area contributed by atoms with Gasteiger partial charge in [-0.3, -0.25) is 25.0 Å². The summed E-state index contributed by atoms with van der Waals surface area (Å²) in [5, 5.41) is 26.9. The van der Waals surface area contributed by atoms with E-state index in [0.29, 0.717) is 6.54 Å². The molecule has 1 aromatic rings. The molecule has 0 aliphatic heterocycles. The van der Waals surface area contributed by atoms with E-state index in [9.17, 15) is 25.0 Å². The number of para-hydroxylation sites is 1. The molecular formula is C11H14N4O5.